The Morgan fingerprint density at radius 1 is 1.70 bits per heavy atom. The lowest BCUT2D eigenvalue weighted by Gasteiger charge is -2.24. The Kier molecular flexibility index (Phi) is 6.98. The average Bonchev–Trinajstić information content (AvgIpc) is 2.86. The summed E-state index contributed by atoms with van der Waals surface area (Å²) in [6, 6.07) is 1.36. The van der Waals surface area contributed by atoms with Gasteiger partial charge in [-0.3, -0.25) is 10.00 Å². The highest BCUT2D eigenvalue weighted by Crippen LogP contribution is 2.14. The van der Waals surface area contributed by atoms with Gasteiger partial charge in [0.15, 0.2) is 6.04 Å². The summed E-state index contributed by atoms with van der Waals surface area (Å²) >= 11 is 0. The quantitative estimate of drug-likeness (QED) is 0.782. The summed E-state index contributed by atoms with van der Waals surface area (Å²) < 4.78 is 6.54. The highest BCUT2D eigenvalue weighted by molar-refractivity contribution is 5.85. The predicted octanol–water partition coefficient (Wildman–Crippen LogP) is 0.645. The number of nitrogens with zero attached hydrogens (tertiary/aromatic N) is 2. The Morgan fingerprint density at radius 2 is 2.50 bits per heavy atom. The molecule has 1 aromatic rings. The van der Waals surface area contributed by atoms with Gasteiger partial charge in [-0.05, 0) is 37.9 Å². The molecule has 0 radical (unpaired) electrons. The maximum absolute atomic E-state index is 11.8. The minimum atomic E-state index is -0.479. The molecule has 0 aromatic carbocycles. The number of carbonyl (C=O) groups excluding carboxylic acids is 1. The molecule has 0 aliphatic carbocycles. The summed E-state index contributed by atoms with van der Waals surface area (Å²) in [4.78, 5) is 11.8. The van der Waals surface area contributed by atoms with Crippen molar-refractivity contribution in [3.63, 3.8) is 0 Å². The molecule has 1 aromatic heterocycles. The Hall–Kier alpha value is -1.11. The Bertz CT molecular complexity index is 418. The van der Waals surface area contributed by atoms with Crippen molar-refractivity contribution in [2.75, 3.05) is 26.7 Å². The lowest BCUT2D eigenvalue weighted by molar-refractivity contribution is -0.143. The van der Waals surface area contributed by atoms with Crippen molar-refractivity contribution in [2.45, 2.75) is 18.9 Å². The van der Waals surface area contributed by atoms with Gasteiger partial charge in [0.05, 0.1) is 12.8 Å². The minimum Gasteiger partial charge on any atom is -0.468 e. The maximum Gasteiger partial charge on any atom is 0.329 e. The molecule has 7 heteroatoms. The fraction of sp³-hybridized carbons (Fsp3) is 0.692. The molecule has 0 bridgehead atoms. The lowest BCUT2D eigenvalue weighted by atomic mass is 9.99. The van der Waals surface area contributed by atoms with Crippen LogP contribution in [0.3, 0.4) is 0 Å². The predicted molar refractivity (Wildman–Crippen MR) is 78.8 cm³/mol. The standard InChI is InChI=1S/C13H22N4O2.ClH/c1-17-7-5-11(16-17)12(13(18)19-2)15-9-10-4-3-6-14-8-10;/h5,7,10,12,14-15H,3-4,6,8-9H2,1-2H3;1H. The van der Waals surface area contributed by atoms with Crippen molar-refractivity contribution in [1.29, 1.82) is 0 Å². The second kappa shape index (κ2) is 8.24. The fourth-order valence-corrected chi connectivity index (χ4v) is 2.40. The van der Waals surface area contributed by atoms with E-state index in [2.05, 4.69) is 15.7 Å². The molecule has 2 heterocycles. The molecule has 2 rings (SSSR count). The van der Waals surface area contributed by atoms with E-state index in [0.29, 0.717) is 11.6 Å². The van der Waals surface area contributed by atoms with Crippen molar-refractivity contribution in [3.05, 3.63) is 18.0 Å². The third-order valence-corrected chi connectivity index (χ3v) is 3.48. The molecule has 6 nitrogen and oxygen atoms in total. The van der Waals surface area contributed by atoms with Gasteiger partial charge < -0.3 is 10.1 Å². The number of piperidine rings is 1. The third-order valence-electron chi connectivity index (χ3n) is 3.48. The van der Waals surface area contributed by atoms with Crippen molar-refractivity contribution >= 4 is 18.4 Å². The van der Waals surface area contributed by atoms with Crippen LogP contribution in [0.25, 0.3) is 0 Å². The number of halogens is 1. The summed E-state index contributed by atoms with van der Waals surface area (Å²) in [6.45, 7) is 2.89. The zero-order valence-corrected chi connectivity index (χ0v) is 12.8. The molecule has 2 unspecified atom stereocenters. The molecule has 1 aliphatic rings. The molecule has 2 atom stereocenters. The van der Waals surface area contributed by atoms with Crippen LogP contribution < -0.4 is 10.6 Å². The molecule has 20 heavy (non-hydrogen) atoms. The van der Waals surface area contributed by atoms with Crippen LogP contribution in [0.2, 0.25) is 0 Å². The molecule has 2 N–H and O–H groups in total. The molecular formula is C13H23ClN4O2. The average molecular weight is 303 g/mol. The van der Waals surface area contributed by atoms with E-state index in [9.17, 15) is 4.79 Å². The van der Waals surface area contributed by atoms with Crippen LogP contribution >= 0.6 is 12.4 Å². The first-order valence-corrected chi connectivity index (χ1v) is 6.72. The SMILES string of the molecule is COC(=O)C(NCC1CCCNC1)c1ccn(C)n1.Cl. The van der Waals surface area contributed by atoms with Crippen LogP contribution in [0.4, 0.5) is 0 Å². The smallest absolute Gasteiger partial charge is 0.329 e. The fourth-order valence-electron chi connectivity index (χ4n) is 2.40. The highest BCUT2D eigenvalue weighted by Gasteiger charge is 2.24. The monoisotopic (exact) mass is 302 g/mol. The van der Waals surface area contributed by atoms with E-state index in [0.717, 1.165) is 19.6 Å². The van der Waals surface area contributed by atoms with Gasteiger partial charge in [0, 0.05) is 19.8 Å². The largest absolute Gasteiger partial charge is 0.468 e. The van der Waals surface area contributed by atoms with E-state index in [4.69, 9.17) is 4.74 Å². The van der Waals surface area contributed by atoms with E-state index in [-0.39, 0.29) is 18.4 Å². The van der Waals surface area contributed by atoms with Crippen LogP contribution in [-0.2, 0) is 16.6 Å². The number of nitrogens with one attached hydrogen (secondary N) is 2. The first-order chi connectivity index (χ1) is 9.20. The van der Waals surface area contributed by atoms with Crippen molar-refractivity contribution in [1.82, 2.24) is 20.4 Å². The second-order valence-electron chi connectivity index (χ2n) is 4.99. The number of ether oxygens (including phenoxy) is 1. The van der Waals surface area contributed by atoms with Crippen molar-refractivity contribution in [2.24, 2.45) is 13.0 Å². The van der Waals surface area contributed by atoms with E-state index in [1.54, 1.807) is 4.68 Å². The van der Waals surface area contributed by atoms with E-state index in [1.165, 1.54) is 20.0 Å². The number of carbonyl (C=O) groups is 1. The number of aromatic nitrogens is 2. The normalized spacial score (nSPS) is 20.0. The number of aryl methyl sites for hydroxylation is 1. The lowest BCUT2D eigenvalue weighted by Crippen LogP contribution is -2.39. The zero-order chi connectivity index (χ0) is 13.7. The zero-order valence-electron chi connectivity index (χ0n) is 12.0. The summed E-state index contributed by atoms with van der Waals surface area (Å²) in [5.41, 5.74) is 0.707. The first kappa shape index (κ1) is 16.9. The van der Waals surface area contributed by atoms with Gasteiger partial charge in [-0.1, -0.05) is 0 Å². The number of hydrogen-bond donors (Lipinski definition) is 2. The minimum absolute atomic E-state index is 0. The Labute approximate surface area is 125 Å². The van der Waals surface area contributed by atoms with E-state index in [1.807, 2.05) is 19.3 Å². The van der Waals surface area contributed by atoms with Crippen molar-refractivity contribution in [3.8, 4) is 0 Å². The van der Waals surface area contributed by atoms with Gasteiger partial charge >= 0.3 is 5.97 Å². The van der Waals surface area contributed by atoms with Gasteiger partial charge in [-0.15, -0.1) is 12.4 Å². The Morgan fingerprint density at radius 3 is 3.05 bits per heavy atom. The summed E-state index contributed by atoms with van der Waals surface area (Å²) in [6.07, 6.45) is 4.21. The highest BCUT2D eigenvalue weighted by atomic mass is 35.5. The summed E-state index contributed by atoms with van der Waals surface area (Å²) in [7, 11) is 3.24. The molecule has 0 saturated carbocycles. The van der Waals surface area contributed by atoms with Gasteiger partial charge in [0.25, 0.3) is 0 Å². The van der Waals surface area contributed by atoms with E-state index >= 15 is 0 Å². The van der Waals surface area contributed by atoms with Crippen LogP contribution in [-0.4, -0.2) is 42.5 Å². The maximum atomic E-state index is 11.8. The first-order valence-electron chi connectivity index (χ1n) is 6.72. The van der Waals surface area contributed by atoms with Crippen LogP contribution in [0.1, 0.15) is 24.6 Å². The van der Waals surface area contributed by atoms with Crippen LogP contribution in [0.5, 0.6) is 0 Å². The second-order valence-corrected chi connectivity index (χ2v) is 4.99. The molecule has 1 aliphatic heterocycles. The number of methoxy groups -OCH3 is 1. The summed E-state index contributed by atoms with van der Waals surface area (Å²) in [5.74, 6) is 0.270. The number of esters is 1. The molecule has 0 spiro atoms. The molecular weight excluding hydrogens is 280 g/mol. The van der Waals surface area contributed by atoms with Gasteiger partial charge in [-0.2, -0.15) is 5.10 Å². The molecule has 1 fully saturated rings. The van der Waals surface area contributed by atoms with E-state index < -0.39 is 6.04 Å². The number of rotatable bonds is 5. The van der Waals surface area contributed by atoms with Crippen LogP contribution in [0, 0.1) is 5.92 Å². The van der Waals surface area contributed by atoms with Gasteiger partial charge in [0.1, 0.15) is 0 Å². The van der Waals surface area contributed by atoms with Gasteiger partial charge in [-0.25, -0.2) is 4.79 Å². The summed E-state index contributed by atoms with van der Waals surface area (Å²) in [5, 5.41) is 10.9. The topological polar surface area (TPSA) is 68.2 Å². The third kappa shape index (κ3) is 4.47. The molecule has 0 amide bonds. The van der Waals surface area contributed by atoms with Crippen LogP contribution in [0.15, 0.2) is 12.3 Å². The molecule has 114 valence electrons. The number of hydrogen-bond acceptors (Lipinski definition) is 5. The van der Waals surface area contributed by atoms with Gasteiger partial charge in [0.2, 0.25) is 0 Å². The van der Waals surface area contributed by atoms with Crippen molar-refractivity contribution < 1.29 is 9.53 Å². The molecule has 1 saturated heterocycles. The Balaban J connectivity index is 0.00000200.